The maximum Gasteiger partial charge on any atom is 0.335 e. The van der Waals surface area contributed by atoms with Gasteiger partial charge >= 0.3 is 5.69 Å². The number of para-hydroxylation sites is 1. The SMILES string of the molecule is CCC(C)N(C)CCNC(=O)c1c(C)oc2[nH]c(=O)n(-c3ccccc3)c(=O)c12. The number of benzene rings is 1. The predicted molar refractivity (Wildman–Crippen MR) is 112 cm³/mol. The second-order valence-corrected chi connectivity index (χ2v) is 7.14. The molecular formula is C21H26N4O4. The maximum absolute atomic E-state index is 13.1. The molecule has 0 aliphatic rings. The molecule has 1 amide bonds. The van der Waals surface area contributed by atoms with E-state index in [4.69, 9.17) is 4.42 Å². The largest absolute Gasteiger partial charge is 0.444 e. The number of hydrogen-bond acceptors (Lipinski definition) is 5. The fourth-order valence-corrected chi connectivity index (χ4v) is 3.25. The van der Waals surface area contributed by atoms with Crippen molar-refractivity contribution in [3.05, 3.63) is 62.5 Å². The molecule has 29 heavy (non-hydrogen) atoms. The molecule has 3 rings (SSSR count). The molecule has 8 nitrogen and oxygen atoms in total. The average molecular weight is 398 g/mol. The highest BCUT2D eigenvalue weighted by molar-refractivity contribution is 6.06. The summed E-state index contributed by atoms with van der Waals surface area (Å²) in [5, 5.41) is 2.92. The van der Waals surface area contributed by atoms with Crippen LogP contribution in [0.3, 0.4) is 0 Å². The summed E-state index contributed by atoms with van der Waals surface area (Å²) in [6, 6.07) is 8.96. The number of furan rings is 1. The number of aromatic nitrogens is 2. The number of rotatable bonds is 7. The number of nitrogens with one attached hydrogen (secondary N) is 2. The molecule has 3 aromatic rings. The van der Waals surface area contributed by atoms with Gasteiger partial charge in [-0.2, -0.15) is 0 Å². The van der Waals surface area contributed by atoms with Crippen LogP contribution < -0.4 is 16.6 Å². The second-order valence-electron chi connectivity index (χ2n) is 7.14. The lowest BCUT2D eigenvalue weighted by Crippen LogP contribution is -2.38. The van der Waals surface area contributed by atoms with Crippen molar-refractivity contribution >= 4 is 17.0 Å². The Labute approximate surface area is 168 Å². The summed E-state index contributed by atoms with van der Waals surface area (Å²) in [5.41, 5.74) is -0.636. The smallest absolute Gasteiger partial charge is 0.335 e. The molecule has 0 saturated heterocycles. The van der Waals surface area contributed by atoms with E-state index in [2.05, 4.69) is 29.0 Å². The summed E-state index contributed by atoms with van der Waals surface area (Å²) < 4.78 is 6.52. The monoisotopic (exact) mass is 398 g/mol. The lowest BCUT2D eigenvalue weighted by molar-refractivity contribution is 0.0947. The lowest BCUT2D eigenvalue weighted by Gasteiger charge is -2.23. The number of carbonyl (C=O) groups is 1. The number of carbonyl (C=O) groups excluding carboxylic acids is 1. The van der Waals surface area contributed by atoms with E-state index in [0.717, 1.165) is 11.0 Å². The first-order valence-corrected chi connectivity index (χ1v) is 9.67. The standard InChI is InChI=1S/C21H26N4O4/c1-5-13(2)24(4)12-11-22-18(26)16-14(3)29-19-17(16)20(27)25(21(28)23-19)15-9-7-6-8-10-15/h6-10,13H,5,11-12H2,1-4H3,(H,22,26)(H,23,28). The summed E-state index contributed by atoms with van der Waals surface area (Å²) >= 11 is 0. The predicted octanol–water partition coefficient (Wildman–Crippen LogP) is 2.04. The quantitative estimate of drug-likeness (QED) is 0.634. The normalized spacial score (nSPS) is 12.4. The topological polar surface area (TPSA) is 100 Å². The molecule has 2 aromatic heterocycles. The van der Waals surface area contributed by atoms with E-state index < -0.39 is 17.2 Å². The minimum Gasteiger partial charge on any atom is -0.444 e. The molecule has 0 bridgehead atoms. The van der Waals surface area contributed by atoms with E-state index in [9.17, 15) is 14.4 Å². The Balaban J connectivity index is 1.97. The molecule has 0 spiro atoms. The van der Waals surface area contributed by atoms with Gasteiger partial charge in [0.2, 0.25) is 5.71 Å². The molecule has 0 fully saturated rings. The van der Waals surface area contributed by atoms with Crippen LogP contribution in [-0.4, -0.2) is 46.5 Å². The molecule has 2 N–H and O–H groups in total. The van der Waals surface area contributed by atoms with Crippen molar-refractivity contribution in [3.63, 3.8) is 0 Å². The van der Waals surface area contributed by atoms with Crippen LogP contribution in [0.1, 0.15) is 36.4 Å². The van der Waals surface area contributed by atoms with E-state index in [0.29, 0.717) is 24.8 Å². The van der Waals surface area contributed by atoms with Crippen molar-refractivity contribution in [2.24, 2.45) is 0 Å². The number of H-pyrrole nitrogens is 1. The van der Waals surface area contributed by atoms with Crippen LogP contribution in [0.4, 0.5) is 0 Å². The summed E-state index contributed by atoms with van der Waals surface area (Å²) in [7, 11) is 2.00. The zero-order chi connectivity index (χ0) is 21.1. The van der Waals surface area contributed by atoms with Crippen molar-refractivity contribution < 1.29 is 9.21 Å². The highest BCUT2D eigenvalue weighted by Crippen LogP contribution is 2.20. The Morgan fingerprint density at radius 1 is 1.28 bits per heavy atom. The van der Waals surface area contributed by atoms with Gasteiger partial charge in [0.05, 0.1) is 11.3 Å². The fraction of sp³-hybridized carbons (Fsp3) is 0.381. The molecule has 154 valence electrons. The van der Waals surface area contributed by atoms with Gasteiger partial charge in [-0.05, 0) is 39.4 Å². The molecule has 2 heterocycles. The third-order valence-electron chi connectivity index (χ3n) is 5.26. The van der Waals surface area contributed by atoms with Gasteiger partial charge < -0.3 is 14.6 Å². The first kappa shape index (κ1) is 20.6. The zero-order valence-corrected chi connectivity index (χ0v) is 17.1. The van der Waals surface area contributed by atoms with Crippen LogP contribution in [-0.2, 0) is 0 Å². The Hall–Kier alpha value is -3.13. The number of aromatic amines is 1. The minimum atomic E-state index is -0.621. The summed E-state index contributed by atoms with van der Waals surface area (Å²) in [4.78, 5) is 43.1. The Morgan fingerprint density at radius 3 is 2.62 bits per heavy atom. The van der Waals surface area contributed by atoms with Gasteiger partial charge in [-0.25, -0.2) is 9.36 Å². The summed E-state index contributed by atoms with van der Waals surface area (Å²) in [6.45, 7) is 6.95. The molecular weight excluding hydrogens is 372 g/mol. The molecule has 0 radical (unpaired) electrons. The highest BCUT2D eigenvalue weighted by Gasteiger charge is 2.24. The van der Waals surface area contributed by atoms with Crippen LogP contribution in [0, 0.1) is 6.92 Å². The van der Waals surface area contributed by atoms with Gasteiger partial charge in [0.15, 0.2) is 0 Å². The van der Waals surface area contributed by atoms with E-state index >= 15 is 0 Å². The molecule has 1 atom stereocenters. The van der Waals surface area contributed by atoms with E-state index in [1.54, 1.807) is 37.3 Å². The first-order chi connectivity index (χ1) is 13.8. The maximum atomic E-state index is 13.1. The number of amides is 1. The number of likely N-dealkylation sites (N-methyl/N-ethyl adjacent to an activating group) is 1. The van der Waals surface area contributed by atoms with Crippen molar-refractivity contribution in [2.75, 3.05) is 20.1 Å². The highest BCUT2D eigenvalue weighted by atomic mass is 16.3. The van der Waals surface area contributed by atoms with Gasteiger partial charge in [-0.15, -0.1) is 0 Å². The number of fused-ring (bicyclic) bond motifs is 1. The van der Waals surface area contributed by atoms with E-state index in [1.807, 2.05) is 7.05 Å². The van der Waals surface area contributed by atoms with Crippen molar-refractivity contribution in [3.8, 4) is 5.69 Å². The van der Waals surface area contributed by atoms with Gasteiger partial charge in [-0.3, -0.25) is 14.6 Å². The van der Waals surface area contributed by atoms with Gasteiger partial charge in [-0.1, -0.05) is 25.1 Å². The van der Waals surface area contributed by atoms with Crippen molar-refractivity contribution in [1.82, 2.24) is 19.8 Å². The zero-order valence-electron chi connectivity index (χ0n) is 17.1. The van der Waals surface area contributed by atoms with Crippen LogP contribution >= 0.6 is 0 Å². The fourth-order valence-electron chi connectivity index (χ4n) is 3.25. The summed E-state index contributed by atoms with van der Waals surface area (Å²) in [5.74, 6) is -0.117. The van der Waals surface area contributed by atoms with Crippen LogP contribution in [0.5, 0.6) is 0 Å². The van der Waals surface area contributed by atoms with Crippen molar-refractivity contribution in [2.45, 2.75) is 33.2 Å². The van der Waals surface area contributed by atoms with Crippen LogP contribution in [0.15, 0.2) is 44.3 Å². The van der Waals surface area contributed by atoms with Crippen LogP contribution in [0.2, 0.25) is 0 Å². The number of nitrogens with zero attached hydrogens (tertiary/aromatic N) is 2. The third kappa shape index (κ3) is 4.02. The lowest BCUT2D eigenvalue weighted by atomic mass is 10.1. The second kappa shape index (κ2) is 8.48. The number of hydrogen-bond donors (Lipinski definition) is 2. The molecule has 1 unspecified atom stereocenters. The van der Waals surface area contributed by atoms with Gasteiger partial charge in [0.1, 0.15) is 11.1 Å². The van der Waals surface area contributed by atoms with E-state index in [-0.39, 0.29) is 22.4 Å². The molecule has 0 saturated carbocycles. The Kier molecular flexibility index (Phi) is 6.03. The molecule has 1 aromatic carbocycles. The summed E-state index contributed by atoms with van der Waals surface area (Å²) in [6.07, 6.45) is 1.02. The molecule has 8 heteroatoms. The van der Waals surface area contributed by atoms with Gasteiger partial charge in [0.25, 0.3) is 11.5 Å². The average Bonchev–Trinajstić information content (AvgIpc) is 3.03. The molecule has 0 aliphatic carbocycles. The third-order valence-corrected chi connectivity index (χ3v) is 5.26. The van der Waals surface area contributed by atoms with Crippen molar-refractivity contribution in [1.29, 1.82) is 0 Å². The minimum absolute atomic E-state index is 0.00607. The molecule has 0 aliphatic heterocycles. The Morgan fingerprint density at radius 2 is 1.97 bits per heavy atom. The van der Waals surface area contributed by atoms with Crippen LogP contribution in [0.25, 0.3) is 16.8 Å². The number of aryl methyl sites for hydroxylation is 1. The van der Waals surface area contributed by atoms with E-state index in [1.165, 1.54) is 0 Å². The Bertz CT molecular complexity index is 1130. The first-order valence-electron chi connectivity index (χ1n) is 9.67. The van der Waals surface area contributed by atoms with Gasteiger partial charge in [0, 0.05) is 19.1 Å².